The fraction of sp³-hybridized carbons (Fsp3) is 0.421. The third-order valence-corrected chi connectivity index (χ3v) is 5.54. The molecule has 0 bridgehead atoms. The van der Waals surface area contributed by atoms with Crippen LogP contribution in [0.3, 0.4) is 0 Å². The molecule has 0 saturated heterocycles. The van der Waals surface area contributed by atoms with Gasteiger partial charge in [-0.2, -0.15) is 9.97 Å². The first-order chi connectivity index (χ1) is 14.4. The number of anilines is 3. The summed E-state index contributed by atoms with van der Waals surface area (Å²) in [7, 11) is 0. The van der Waals surface area contributed by atoms with Crippen LogP contribution in [-0.2, 0) is 6.54 Å². The van der Waals surface area contributed by atoms with Crippen LogP contribution in [0.1, 0.15) is 43.0 Å². The molecule has 158 valence electrons. The quantitative estimate of drug-likeness (QED) is 0.463. The lowest BCUT2D eigenvalue weighted by Gasteiger charge is -2.26. The summed E-state index contributed by atoms with van der Waals surface area (Å²) >= 11 is 6.10. The van der Waals surface area contributed by atoms with Gasteiger partial charge in [-0.25, -0.2) is 9.48 Å². The number of benzene rings is 1. The number of nitrogens with one attached hydrogen (secondary N) is 2. The van der Waals surface area contributed by atoms with Gasteiger partial charge in [0.2, 0.25) is 5.95 Å². The summed E-state index contributed by atoms with van der Waals surface area (Å²) < 4.78 is 1.70. The molecule has 11 heteroatoms. The molecule has 1 aromatic carbocycles. The topological polar surface area (TPSA) is 144 Å². The van der Waals surface area contributed by atoms with E-state index in [2.05, 4.69) is 30.9 Å². The number of carboxylic acids is 1. The Balaban J connectivity index is 1.67. The van der Waals surface area contributed by atoms with Crippen molar-refractivity contribution < 1.29 is 9.90 Å². The minimum atomic E-state index is -1.08. The van der Waals surface area contributed by atoms with E-state index in [1.165, 1.54) is 6.07 Å². The lowest BCUT2D eigenvalue weighted by Crippen LogP contribution is -2.33. The molecule has 1 fully saturated rings. The summed E-state index contributed by atoms with van der Waals surface area (Å²) in [6.07, 6.45) is 3.85. The van der Waals surface area contributed by atoms with Gasteiger partial charge in [0, 0.05) is 24.3 Å². The van der Waals surface area contributed by atoms with Crippen LogP contribution in [0.15, 0.2) is 18.2 Å². The van der Waals surface area contributed by atoms with E-state index >= 15 is 0 Å². The average Bonchev–Trinajstić information content (AvgIpc) is 3.13. The zero-order valence-corrected chi connectivity index (χ0v) is 17.2. The minimum absolute atomic E-state index is 0.0323. The van der Waals surface area contributed by atoms with Crippen LogP contribution in [0.5, 0.6) is 0 Å². The molecule has 5 N–H and O–H groups in total. The number of hydrogen-bond acceptors (Lipinski definition) is 8. The van der Waals surface area contributed by atoms with Gasteiger partial charge in [-0.05, 0) is 50.8 Å². The molecule has 30 heavy (non-hydrogen) atoms. The Morgan fingerprint density at radius 3 is 2.73 bits per heavy atom. The van der Waals surface area contributed by atoms with Crippen LogP contribution >= 0.6 is 11.6 Å². The Hall–Kier alpha value is -2.98. The number of hydrogen-bond donors (Lipinski definition) is 4. The summed E-state index contributed by atoms with van der Waals surface area (Å²) in [4.78, 5) is 20.4. The van der Waals surface area contributed by atoms with E-state index in [0.717, 1.165) is 25.7 Å². The molecule has 2 aromatic heterocycles. The highest BCUT2D eigenvalue weighted by Gasteiger charge is 2.21. The lowest BCUT2D eigenvalue weighted by molar-refractivity contribution is 0.0697. The number of aromatic carboxylic acids is 1. The molecule has 10 nitrogen and oxygen atoms in total. The van der Waals surface area contributed by atoms with Crippen LogP contribution in [0.25, 0.3) is 11.2 Å². The summed E-state index contributed by atoms with van der Waals surface area (Å²) in [5.41, 5.74) is 7.75. The zero-order chi connectivity index (χ0) is 21.3. The van der Waals surface area contributed by atoms with Crippen LogP contribution in [0.4, 0.5) is 17.5 Å². The molecule has 4 rings (SSSR count). The number of nitrogens with zero attached hydrogens (tertiary/aromatic N) is 5. The van der Waals surface area contributed by atoms with E-state index in [1.54, 1.807) is 16.8 Å². The van der Waals surface area contributed by atoms with Crippen molar-refractivity contribution in [1.29, 1.82) is 0 Å². The second kappa shape index (κ2) is 8.41. The molecule has 3 aromatic rings. The molecule has 0 radical (unpaired) electrons. The second-order valence-electron chi connectivity index (χ2n) is 7.35. The van der Waals surface area contributed by atoms with Gasteiger partial charge in [0.05, 0.1) is 10.6 Å². The fourth-order valence-electron chi connectivity index (χ4n) is 3.57. The highest BCUT2D eigenvalue weighted by atomic mass is 35.5. The van der Waals surface area contributed by atoms with Crippen LogP contribution in [-0.4, -0.2) is 48.1 Å². The Kier molecular flexibility index (Phi) is 5.69. The van der Waals surface area contributed by atoms with E-state index < -0.39 is 5.97 Å². The molecular weight excluding hydrogens is 408 g/mol. The number of rotatable bonds is 6. The zero-order valence-electron chi connectivity index (χ0n) is 16.5. The smallest absolute Gasteiger partial charge is 0.337 e. The van der Waals surface area contributed by atoms with Crippen molar-refractivity contribution >= 4 is 46.2 Å². The molecule has 1 aliphatic rings. The highest BCUT2D eigenvalue weighted by Crippen LogP contribution is 2.28. The second-order valence-corrected chi connectivity index (χ2v) is 7.76. The summed E-state index contributed by atoms with van der Waals surface area (Å²) in [5.74, 6) is -0.134. The molecule has 0 amide bonds. The van der Waals surface area contributed by atoms with Gasteiger partial charge in [-0.3, -0.25) is 0 Å². The molecule has 2 heterocycles. The van der Waals surface area contributed by atoms with Gasteiger partial charge in [-0.15, -0.1) is 5.10 Å². The maximum atomic E-state index is 11.2. The molecule has 1 saturated carbocycles. The molecule has 0 unspecified atom stereocenters. The fourth-order valence-corrected chi connectivity index (χ4v) is 3.83. The van der Waals surface area contributed by atoms with Gasteiger partial charge < -0.3 is 21.5 Å². The van der Waals surface area contributed by atoms with Gasteiger partial charge in [0.25, 0.3) is 0 Å². The first-order valence-corrected chi connectivity index (χ1v) is 10.3. The van der Waals surface area contributed by atoms with Crippen LogP contribution in [0, 0.1) is 0 Å². The number of carboxylic acid groups (broad SMARTS) is 1. The summed E-state index contributed by atoms with van der Waals surface area (Å²) in [6, 6.07) is 5.12. The summed E-state index contributed by atoms with van der Waals surface area (Å²) in [5, 5.41) is 24.2. The van der Waals surface area contributed by atoms with Crippen LogP contribution < -0.4 is 16.4 Å². The monoisotopic (exact) mass is 430 g/mol. The van der Waals surface area contributed by atoms with Crippen molar-refractivity contribution in [3.8, 4) is 0 Å². The van der Waals surface area contributed by atoms with E-state index in [9.17, 15) is 4.79 Å². The first kappa shape index (κ1) is 20.3. The highest BCUT2D eigenvalue weighted by molar-refractivity contribution is 6.33. The van der Waals surface area contributed by atoms with Crippen molar-refractivity contribution in [2.45, 2.75) is 51.2 Å². The molecular formula is C19H23ClN8O2. The van der Waals surface area contributed by atoms with E-state index in [4.69, 9.17) is 22.4 Å². The third kappa shape index (κ3) is 4.14. The maximum absolute atomic E-state index is 11.2. The third-order valence-electron chi connectivity index (χ3n) is 5.23. The van der Waals surface area contributed by atoms with Crippen molar-refractivity contribution in [2.75, 3.05) is 10.6 Å². The van der Waals surface area contributed by atoms with E-state index in [-0.39, 0.29) is 22.7 Å². The Morgan fingerprint density at radius 1 is 1.30 bits per heavy atom. The Labute approximate surface area is 177 Å². The SMILES string of the molecule is CCn1nnc2c(Nc3ccc(C(=O)O)c(Cl)c3)nc(NC3CCC(N)CC3)nc21. The van der Waals surface area contributed by atoms with Crippen molar-refractivity contribution in [3.63, 3.8) is 0 Å². The average molecular weight is 431 g/mol. The lowest BCUT2D eigenvalue weighted by atomic mass is 9.92. The number of aryl methyl sites for hydroxylation is 1. The number of aromatic nitrogens is 5. The molecule has 1 aliphatic carbocycles. The normalized spacial score (nSPS) is 19.0. The molecule has 0 atom stereocenters. The largest absolute Gasteiger partial charge is 0.478 e. The maximum Gasteiger partial charge on any atom is 0.337 e. The van der Waals surface area contributed by atoms with E-state index in [0.29, 0.717) is 35.2 Å². The Morgan fingerprint density at radius 2 is 2.07 bits per heavy atom. The van der Waals surface area contributed by atoms with Crippen molar-refractivity contribution in [3.05, 3.63) is 28.8 Å². The number of halogens is 1. The standard InChI is InChI=1S/C19H23ClN8O2/c1-2-28-17-15(26-27-28)16(22-12-7-8-13(18(29)30)14(20)9-12)24-19(25-17)23-11-5-3-10(21)4-6-11/h7-11H,2-6,21H2,1H3,(H,29,30)(H2,22,23,24,25). The molecule has 0 spiro atoms. The van der Waals surface area contributed by atoms with Crippen molar-refractivity contribution in [2.24, 2.45) is 5.73 Å². The van der Waals surface area contributed by atoms with Gasteiger partial charge in [-0.1, -0.05) is 16.8 Å². The summed E-state index contributed by atoms with van der Waals surface area (Å²) in [6.45, 7) is 2.58. The first-order valence-electron chi connectivity index (χ1n) is 9.87. The van der Waals surface area contributed by atoms with Crippen LogP contribution in [0.2, 0.25) is 5.02 Å². The van der Waals surface area contributed by atoms with Crippen molar-refractivity contribution in [1.82, 2.24) is 25.0 Å². The predicted octanol–water partition coefficient (Wildman–Crippen LogP) is 3.02. The number of nitrogens with two attached hydrogens (primary N) is 1. The molecule has 0 aliphatic heterocycles. The minimum Gasteiger partial charge on any atom is -0.478 e. The number of fused-ring (bicyclic) bond motifs is 1. The van der Waals surface area contributed by atoms with E-state index in [1.807, 2.05) is 6.92 Å². The van der Waals surface area contributed by atoms with Gasteiger partial charge >= 0.3 is 5.97 Å². The number of carbonyl (C=O) groups is 1. The van der Waals surface area contributed by atoms with Gasteiger partial charge in [0.1, 0.15) is 0 Å². The predicted molar refractivity (Wildman–Crippen MR) is 114 cm³/mol. The Bertz CT molecular complexity index is 1080. The van der Waals surface area contributed by atoms with Gasteiger partial charge in [0.15, 0.2) is 17.0 Å².